The van der Waals surface area contributed by atoms with E-state index >= 15 is 0 Å². The Morgan fingerprint density at radius 1 is 0.750 bits per heavy atom. The molecule has 0 aromatic carbocycles. The maximum Gasteiger partial charge on any atom is 0.186 e. The van der Waals surface area contributed by atoms with Crippen LogP contribution in [0.4, 0.5) is 0 Å². The fourth-order valence-electron chi connectivity index (χ4n) is 5.97. The summed E-state index contributed by atoms with van der Waals surface area (Å²) in [6, 6.07) is 0. The van der Waals surface area contributed by atoms with E-state index in [1.54, 1.807) is 14.0 Å². The fourth-order valence-corrected chi connectivity index (χ4v) is 5.97. The third-order valence-electron chi connectivity index (χ3n) is 7.87. The lowest BCUT2D eigenvalue weighted by Gasteiger charge is -2.51. The summed E-state index contributed by atoms with van der Waals surface area (Å²) in [7, 11) is 1.58. The predicted molar refractivity (Wildman–Crippen MR) is 109 cm³/mol. The number of aliphatic hydroxyl groups excluding tert-OH is 6. The molecule has 0 amide bonds. The molecule has 0 bridgehead atoms. The van der Waals surface area contributed by atoms with Crippen LogP contribution in [0.25, 0.3) is 0 Å². The average Bonchev–Trinajstić information content (AvgIpc) is 2.75. The van der Waals surface area contributed by atoms with Crippen molar-refractivity contribution in [2.75, 3.05) is 7.11 Å². The standard InChI is InChI=1S/C22H38O10/c1-9-18(26)19(27)20(28)22(30-9)32-17-8-12-13(24)6-11(23)7-16(12)31-21(17)10-3-4-15(29-2)14(25)5-10/h9-28H,3-8H2,1-2H3. The minimum atomic E-state index is -1.44. The first-order valence-corrected chi connectivity index (χ1v) is 11.8. The zero-order valence-electron chi connectivity index (χ0n) is 18.6. The van der Waals surface area contributed by atoms with Crippen molar-refractivity contribution in [2.24, 2.45) is 11.8 Å². The van der Waals surface area contributed by atoms with Crippen LogP contribution in [0.15, 0.2) is 0 Å². The van der Waals surface area contributed by atoms with Crippen LogP contribution in [-0.4, -0.2) is 111 Å². The summed E-state index contributed by atoms with van der Waals surface area (Å²) >= 11 is 0. The normalized spacial score (nSPS) is 54.8. The second kappa shape index (κ2) is 10.1. The molecule has 186 valence electrons. The number of hydrogen-bond acceptors (Lipinski definition) is 10. The summed E-state index contributed by atoms with van der Waals surface area (Å²) in [5.41, 5.74) is 0. The quantitative estimate of drug-likeness (QED) is 0.295. The van der Waals surface area contributed by atoms with Crippen LogP contribution in [0.2, 0.25) is 0 Å². The lowest BCUT2D eigenvalue weighted by atomic mass is 9.72. The van der Waals surface area contributed by atoms with Gasteiger partial charge in [0.05, 0.1) is 48.8 Å². The van der Waals surface area contributed by atoms with Crippen LogP contribution < -0.4 is 0 Å². The molecule has 14 atom stereocenters. The number of fused-ring (bicyclic) bond motifs is 1. The Hall–Kier alpha value is -0.400. The third kappa shape index (κ3) is 4.86. The van der Waals surface area contributed by atoms with Crippen LogP contribution in [0.3, 0.4) is 0 Å². The van der Waals surface area contributed by atoms with Gasteiger partial charge in [0.15, 0.2) is 6.29 Å². The molecule has 2 aliphatic heterocycles. The second-order valence-corrected chi connectivity index (χ2v) is 10.0. The van der Waals surface area contributed by atoms with Gasteiger partial charge in [-0.3, -0.25) is 0 Å². The average molecular weight is 463 g/mol. The second-order valence-electron chi connectivity index (χ2n) is 10.0. The molecule has 6 N–H and O–H groups in total. The molecule has 4 fully saturated rings. The van der Waals surface area contributed by atoms with Gasteiger partial charge in [0.1, 0.15) is 18.3 Å². The van der Waals surface area contributed by atoms with E-state index in [2.05, 4.69) is 0 Å². The molecule has 2 heterocycles. The summed E-state index contributed by atoms with van der Waals surface area (Å²) in [5, 5.41) is 61.8. The van der Waals surface area contributed by atoms with E-state index in [1.807, 2.05) is 0 Å². The Bertz CT molecular complexity index is 622. The maximum absolute atomic E-state index is 10.6. The number of hydrogen-bond donors (Lipinski definition) is 6. The maximum atomic E-state index is 10.6. The number of aliphatic hydroxyl groups is 6. The van der Waals surface area contributed by atoms with Gasteiger partial charge in [-0.25, -0.2) is 0 Å². The van der Waals surface area contributed by atoms with Gasteiger partial charge in [0.2, 0.25) is 0 Å². The van der Waals surface area contributed by atoms with E-state index in [0.717, 1.165) is 6.42 Å². The number of methoxy groups -OCH3 is 1. The van der Waals surface area contributed by atoms with Crippen molar-refractivity contribution in [1.82, 2.24) is 0 Å². The van der Waals surface area contributed by atoms with E-state index in [4.69, 9.17) is 18.9 Å². The van der Waals surface area contributed by atoms with E-state index in [-0.39, 0.29) is 30.5 Å². The molecular weight excluding hydrogens is 424 g/mol. The van der Waals surface area contributed by atoms with Crippen LogP contribution in [-0.2, 0) is 18.9 Å². The van der Waals surface area contributed by atoms with Crippen LogP contribution >= 0.6 is 0 Å². The van der Waals surface area contributed by atoms with E-state index in [0.29, 0.717) is 25.7 Å². The molecule has 10 heteroatoms. The van der Waals surface area contributed by atoms with E-state index in [1.165, 1.54) is 0 Å². The first kappa shape index (κ1) is 24.7. The van der Waals surface area contributed by atoms with Gasteiger partial charge in [0.25, 0.3) is 0 Å². The van der Waals surface area contributed by atoms with Crippen LogP contribution in [0.1, 0.15) is 45.4 Å². The first-order valence-electron chi connectivity index (χ1n) is 11.8. The largest absolute Gasteiger partial charge is 0.393 e. The lowest BCUT2D eigenvalue weighted by molar-refractivity contribution is -0.328. The Labute approximate surface area is 188 Å². The highest BCUT2D eigenvalue weighted by atomic mass is 16.7. The monoisotopic (exact) mass is 462 g/mol. The molecule has 32 heavy (non-hydrogen) atoms. The Kier molecular flexibility index (Phi) is 7.78. The van der Waals surface area contributed by atoms with Gasteiger partial charge in [-0.15, -0.1) is 0 Å². The van der Waals surface area contributed by atoms with Crippen molar-refractivity contribution in [3.05, 3.63) is 0 Å². The molecule has 4 aliphatic rings. The Morgan fingerprint density at radius 3 is 2.19 bits per heavy atom. The molecule has 14 unspecified atom stereocenters. The van der Waals surface area contributed by atoms with Gasteiger partial charge in [-0.1, -0.05) is 0 Å². The van der Waals surface area contributed by atoms with Gasteiger partial charge < -0.3 is 49.6 Å². The SMILES string of the molecule is COC1CCC(C2OC3CC(O)CC(O)C3CC2OC2OC(C)C(O)C(O)C2O)CC1O. The van der Waals surface area contributed by atoms with Crippen molar-refractivity contribution < 1.29 is 49.6 Å². The minimum absolute atomic E-state index is 0.0489. The fraction of sp³-hybridized carbons (Fsp3) is 1.00. The van der Waals surface area contributed by atoms with E-state index in [9.17, 15) is 30.6 Å². The summed E-state index contributed by atoms with van der Waals surface area (Å²) in [6.45, 7) is 1.59. The highest BCUT2D eigenvalue weighted by Gasteiger charge is 2.51. The van der Waals surface area contributed by atoms with Crippen molar-refractivity contribution in [3.63, 3.8) is 0 Å². The molecule has 0 aromatic rings. The number of ether oxygens (including phenoxy) is 4. The van der Waals surface area contributed by atoms with Gasteiger partial charge in [-0.2, -0.15) is 0 Å². The van der Waals surface area contributed by atoms with Crippen molar-refractivity contribution >= 4 is 0 Å². The molecule has 0 aromatic heterocycles. The van der Waals surface area contributed by atoms with Gasteiger partial charge in [-0.05, 0) is 51.4 Å². The summed E-state index contributed by atoms with van der Waals surface area (Å²) in [5.74, 6) is -0.291. The topological polar surface area (TPSA) is 158 Å². The summed E-state index contributed by atoms with van der Waals surface area (Å²) in [4.78, 5) is 0. The zero-order chi connectivity index (χ0) is 23.2. The molecule has 0 spiro atoms. The van der Waals surface area contributed by atoms with Gasteiger partial charge in [0, 0.05) is 13.0 Å². The Morgan fingerprint density at radius 2 is 1.50 bits per heavy atom. The molecule has 10 nitrogen and oxygen atoms in total. The molecule has 2 aliphatic carbocycles. The minimum Gasteiger partial charge on any atom is -0.393 e. The molecule has 2 saturated heterocycles. The van der Waals surface area contributed by atoms with Gasteiger partial charge >= 0.3 is 0 Å². The highest BCUT2D eigenvalue weighted by Crippen LogP contribution is 2.43. The smallest absolute Gasteiger partial charge is 0.186 e. The first-order chi connectivity index (χ1) is 15.2. The summed E-state index contributed by atoms with van der Waals surface area (Å²) < 4.78 is 23.6. The van der Waals surface area contributed by atoms with Crippen molar-refractivity contribution in [2.45, 2.75) is 119 Å². The zero-order valence-corrected chi connectivity index (χ0v) is 18.6. The van der Waals surface area contributed by atoms with Crippen molar-refractivity contribution in [1.29, 1.82) is 0 Å². The summed E-state index contributed by atoms with van der Waals surface area (Å²) in [6.07, 6.45) is -6.58. The molecule has 2 saturated carbocycles. The predicted octanol–water partition coefficient (Wildman–Crippen LogP) is -1.34. The van der Waals surface area contributed by atoms with Crippen LogP contribution in [0.5, 0.6) is 0 Å². The van der Waals surface area contributed by atoms with Crippen LogP contribution in [0, 0.1) is 11.8 Å². The molecule has 0 radical (unpaired) electrons. The molecular formula is C22H38O10. The third-order valence-corrected chi connectivity index (χ3v) is 7.87. The number of rotatable bonds is 4. The Balaban J connectivity index is 1.53. The van der Waals surface area contributed by atoms with E-state index < -0.39 is 61.2 Å². The lowest BCUT2D eigenvalue weighted by Crippen LogP contribution is -2.61. The molecule has 4 rings (SSSR count). The van der Waals surface area contributed by atoms with Crippen molar-refractivity contribution in [3.8, 4) is 0 Å². The highest BCUT2D eigenvalue weighted by molar-refractivity contribution is 4.99.